The molecule has 142 valence electrons. The number of hydrogen-bond donors (Lipinski definition) is 1. The van der Waals surface area contributed by atoms with Gasteiger partial charge in [-0.05, 0) is 18.8 Å². The molecule has 10 heteroatoms. The van der Waals surface area contributed by atoms with E-state index in [1.165, 1.54) is 10.8 Å². The molecule has 0 aromatic carbocycles. The van der Waals surface area contributed by atoms with Crippen molar-refractivity contribution in [3.05, 3.63) is 18.1 Å². The van der Waals surface area contributed by atoms with Gasteiger partial charge in [0.15, 0.2) is 5.69 Å². The van der Waals surface area contributed by atoms with E-state index >= 15 is 0 Å². The molecule has 3 rings (SSSR count). The maximum atomic E-state index is 13.0. The van der Waals surface area contributed by atoms with E-state index in [4.69, 9.17) is 0 Å². The van der Waals surface area contributed by atoms with Crippen LogP contribution in [0.2, 0.25) is 0 Å². The minimum Gasteiger partial charge on any atom is -0.367 e. The molecule has 0 unspecified atom stereocenters. The Balaban J connectivity index is 1.70. The molecule has 1 aliphatic heterocycles. The lowest BCUT2D eigenvalue weighted by Crippen LogP contribution is -2.43. The van der Waals surface area contributed by atoms with Crippen LogP contribution in [0.15, 0.2) is 12.4 Å². The van der Waals surface area contributed by atoms with Crippen molar-refractivity contribution >= 4 is 17.5 Å². The summed E-state index contributed by atoms with van der Waals surface area (Å²) in [5.41, 5.74) is -1.01. The first-order valence-corrected chi connectivity index (χ1v) is 8.56. The van der Waals surface area contributed by atoms with Gasteiger partial charge in [0, 0.05) is 31.6 Å². The summed E-state index contributed by atoms with van der Waals surface area (Å²) < 4.78 is 40.4. The van der Waals surface area contributed by atoms with Crippen LogP contribution in [-0.2, 0) is 11.0 Å². The van der Waals surface area contributed by atoms with Gasteiger partial charge in [-0.15, -0.1) is 0 Å². The van der Waals surface area contributed by atoms with Crippen LogP contribution < -0.4 is 5.32 Å². The quantitative estimate of drug-likeness (QED) is 0.895. The van der Waals surface area contributed by atoms with Crippen LogP contribution in [0, 0.1) is 5.92 Å². The predicted octanol–water partition coefficient (Wildman–Crippen LogP) is 2.59. The third kappa shape index (κ3) is 4.05. The van der Waals surface area contributed by atoms with Gasteiger partial charge in [0.25, 0.3) is 5.78 Å². The fourth-order valence-electron chi connectivity index (χ4n) is 3.02. The van der Waals surface area contributed by atoms with Crippen LogP contribution in [0.25, 0.3) is 5.78 Å². The van der Waals surface area contributed by atoms with Gasteiger partial charge in [-0.2, -0.15) is 27.8 Å². The summed E-state index contributed by atoms with van der Waals surface area (Å²) >= 11 is 0. The second-order valence-corrected chi connectivity index (χ2v) is 6.89. The number of alkyl halides is 3. The zero-order valence-electron chi connectivity index (χ0n) is 14.6. The molecule has 3 heterocycles. The second kappa shape index (κ2) is 7.08. The molecule has 0 atom stereocenters. The minimum absolute atomic E-state index is 0.0472. The number of amides is 1. The summed E-state index contributed by atoms with van der Waals surface area (Å²) in [6.45, 7) is 5.16. The molecule has 0 spiro atoms. The molecule has 1 fully saturated rings. The van der Waals surface area contributed by atoms with E-state index in [2.05, 4.69) is 20.4 Å². The summed E-state index contributed by atoms with van der Waals surface area (Å²) in [7, 11) is 0. The fourth-order valence-corrected chi connectivity index (χ4v) is 3.02. The van der Waals surface area contributed by atoms with Gasteiger partial charge in [0.1, 0.15) is 12.1 Å². The number of piperidine rings is 1. The molecular weight excluding hydrogens is 349 g/mol. The molecule has 0 radical (unpaired) electrons. The van der Waals surface area contributed by atoms with E-state index in [0.717, 1.165) is 6.07 Å². The lowest BCUT2D eigenvalue weighted by Gasteiger charge is -2.33. The average Bonchev–Trinajstić information content (AvgIpc) is 3.03. The van der Waals surface area contributed by atoms with Crippen LogP contribution in [-0.4, -0.2) is 49.5 Å². The molecule has 26 heavy (non-hydrogen) atoms. The number of halogens is 3. The molecular formula is C16H21F3N6O. The zero-order valence-corrected chi connectivity index (χ0v) is 14.6. The first kappa shape index (κ1) is 18.4. The SMILES string of the molecule is CC(C)CC(=O)N1CCC(Nc2cc(C(F)(F)F)nc3ncnn23)CC1. The molecule has 2 aromatic heterocycles. The van der Waals surface area contributed by atoms with E-state index in [1.807, 2.05) is 18.7 Å². The normalized spacial score (nSPS) is 16.5. The Morgan fingerprint density at radius 2 is 2.04 bits per heavy atom. The van der Waals surface area contributed by atoms with Crippen molar-refractivity contribution in [1.29, 1.82) is 0 Å². The van der Waals surface area contributed by atoms with Gasteiger partial charge in [-0.25, -0.2) is 4.98 Å². The van der Waals surface area contributed by atoms with E-state index in [0.29, 0.717) is 38.3 Å². The van der Waals surface area contributed by atoms with Crippen molar-refractivity contribution in [3.63, 3.8) is 0 Å². The lowest BCUT2D eigenvalue weighted by atomic mass is 10.0. The van der Waals surface area contributed by atoms with Gasteiger partial charge < -0.3 is 10.2 Å². The zero-order chi connectivity index (χ0) is 18.9. The van der Waals surface area contributed by atoms with Crippen LogP contribution >= 0.6 is 0 Å². The Morgan fingerprint density at radius 3 is 2.65 bits per heavy atom. The van der Waals surface area contributed by atoms with Gasteiger partial charge >= 0.3 is 6.18 Å². The van der Waals surface area contributed by atoms with Crippen molar-refractivity contribution in [3.8, 4) is 0 Å². The molecule has 0 saturated carbocycles. The first-order valence-electron chi connectivity index (χ1n) is 8.56. The van der Waals surface area contributed by atoms with Crippen molar-refractivity contribution in [2.75, 3.05) is 18.4 Å². The van der Waals surface area contributed by atoms with Crippen molar-refractivity contribution < 1.29 is 18.0 Å². The summed E-state index contributed by atoms with van der Waals surface area (Å²) in [4.78, 5) is 21.2. The van der Waals surface area contributed by atoms with E-state index in [1.54, 1.807) is 0 Å². The van der Waals surface area contributed by atoms with Gasteiger partial charge in [0.2, 0.25) is 5.91 Å². The highest BCUT2D eigenvalue weighted by Crippen LogP contribution is 2.30. The summed E-state index contributed by atoms with van der Waals surface area (Å²) in [6.07, 6.45) is -1.57. The van der Waals surface area contributed by atoms with Crippen LogP contribution in [0.3, 0.4) is 0 Å². The van der Waals surface area contributed by atoms with Crippen molar-refractivity contribution in [1.82, 2.24) is 24.5 Å². The highest BCUT2D eigenvalue weighted by atomic mass is 19.4. The number of rotatable bonds is 4. The summed E-state index contributed by atoms with van der Waals surface area (Å²) in [5.74, 6) is 0.524. The van der Waals surface area contributed by atoms with E-state index in [-0.39, 0.29) is 23.5 Å². The maximum Gasteiger partial charge on any atom is 0.433 e. The number of nitrogens with one attached hydrogen (secondary N) is 1. The number of fused-ring (bicyclic) bond motifs is 1. The van der Waals surface area contributed by atoms with Crippen molar-refractivity contribution in [2.24, 2.45) is 5.92 Å². The van der Waals surface area contributed by atoms with Gasteiger partial charge in [0.05, 0.1) is 0 Å². The average molecular weight is 370 g/mol. The number of anilines is 1. The third-order valence-electron chi connectivity index (χ3n) is 4.32. The molecule has 7 nitrogen and oxygen atoms in total. The Labute approximate surface area is 148 Å². The molecule has 0 aliphatic carbocycles. The molecule has 1 saturated heterocycles. The molecule has 1 aliphatic rings. The second-order valence-electron chi connectivity index (χ2n) is 6.89. The number of carbonyl (C=O) groups excluding carboxylic acids is 1. The fraction of sp³-hybridized carbons (Fsp3) is 0.625. The van der Waals surface area contributed by atoms with E-state index < -0.39 is 11.9 Å². The number of hydrogen-bond acceptors (Lipinski definition) is 5. The van der Waals surface area contributed by atoms with Crippen LogP contribution in [0.1, 0.15) is 38.8 Å². The highest BCUT2D eigenvalue weighted by Gasteiger charge is 2.34. The largest absolute Gasteiger partial charge is 0.433 e. The first-order chi connectivity index (χ1) is 12.2. The lowest BCUT2D eigenvalue weighted by molar-refractivity contribution is -0.141. The predicted molar refractivity (Wildman–Crippen MR) is 88.5 cm³/mol. The van der Waals surface area contributed by atoms with E-state index in [9.17, 15) is 18.0 Å². The third-order valence-corrected chi connectivity index (χ3v) is 4.32. The van der Waals surface area contributed by atoms with Crippen molar-refractivity contribution in [2.45, 2.75) is 45.3 Å². The number of aromatic nitrogens is 4. The molecule has 1 amide bonds. The Bertz CT molecular complexity index is 780. The number of likely N-dealkylation sites (tertiary alicyclic amines) is 1. The highest BCUT2D eigenvalue weighted by molar-refractivity contribution is 5.76. The number of carbonyl (C=O) groups is 1. The minimum atomic E-state index is -4.56. The summed E-state index contributed by atoms with van der Waals surface area (Å²) in [6, 6.07) is 0.895. The van der Waals surface area contributed by atoms with Crippen LogP contribution in [0.4, 0.5) is 19.0 Å². The Hall–Kier alpha value is -2.39. The van der Waals surface area contributed by atoms with Crippen LogP contribution in [0.5, 0.6) is 0 Å². The Morgan fingerprint density at radius 1 is 1.35 bits per heavy atom. The maximum absolute atomic E-state index is 13.0. The topological polar surface area (TPSA) is 75.4 Å². The smallest absolute Gasteiger partial charge is 0.367 e. The summed E-state index contributed by atoms with van der Waals surface area (Å²) in [5, 5.41) is 7.04. The van der Waals surface area contributed by atoms with Gasteiger partial charge in [-0.3, -0.25) is 4.79 Å². The monoisotopic (exact) mass is 370 g/mol. The molecule has 1 N–H and O–H groups in total. The van der Waals surface area contributed by atoms with Gasteiger partial charge in [-0.1, -0.05) is 13.8 Å². The standard InChI is InChI=1S/C16H21F3N6O/c1-10(2)7-14(26)24-5-3-11(4-6-24)22-13-8-12(16(17,18)19)23-15-20-9-21-25(13)15/h8-11,22H,3-7H2,1-2H3. The number of nitrogens with zero attached hydrogens (tertiary/aromatic N) is 5. The molecule has 2 aromatic rings. The Kier molecular flexibility index (Phi) is 5.01. The molecule has 0 bridgehead atoms.